The van der Waals surface area contributed by atoms with E-state index < -0.39 is 5.60 Å². The van der Waals surface area contributed by atoms with E-state index in [1.807, 2.05) is 20.8 Å². The first-order valence-corrected chi connectivity index (χ1v) is 4.74. The van der Waals surface area contributed by atoms with E-state index in [4.69, 9.17) is 9.84 Å². The smallest absolute Gasteiger partial charge is 0.410 e. The highest BCUT2D eigenvalue weighted by molar-refractivity contribution is 5.68. The third kappa shape index (κ3) is 4.69. The summed E-state index contributed by atoms with van der Waals surface area (Å²) in [6, 6.07) is 0. The van der Waals surface area contributed by atoms with E-state index in [1.54, 1.807) is 11.0 Å². The fraction of sp³-hybridized carbons (Fsp3) is 0.700. The molecule has 0 fully saturated rings. The van der Waals surface area contributed by atoms with Gasteiger partial charge in [0.1, 0.15) is 5.60 Å². The molecule has 15 heavy (non-hydrogen) atoms. The molecule has 1 aliphatic rings. The third-order valence-corrected chi connectivity index (χ3v) is 1.84. The summed E-state index contributed by atoms with van der Waals surface area (Å²) in [7, 11) is 0. The number of hydrogen-bond acceptors (Lipinski definition) is 3. The number of rotatable bonds is 0. The maximum absolute atomic E-state index is 11.5. The van der Waals surface area contributed by atoms with Gasteiger partial charge in [0.05, 0.1) is 5.76 Å². The topological polar surface area (TPSA) is 81.3 Å². The number of amides is 1. The van der Waals surface area contributed by atoms with E-state index in [9.17, 15) is 4.79 Å². The van der Waals surface area contributed by atoms with Gasteiger partial charge >= 0.3 is 6.09 Å². The summed E-state index contributed by atoms with van der Waals surface area (Å²) < 4.78 is 5.19. The summed E-state index contributed by atoms with van der Waals surface area (Å²) in [5, 5.41) is 9.12. The van der Waals surface area contributed by atoms with Crippen LogP contribution in [0.4, 0.5) is 4.79 Å². The van der Waals surface area contributed by atoms with Gasteiger partial charge in [0.25, 0.3) is 0 Å². The van der Waals surface area contributed by atoms with Crippen molar-refractivity contribution < 1.29 is 20.1 Å². The highest BCUT2D eigenvalue weighted by atomic mass is 16.6. The second-order valence-electron chi connectivity index (χ2n) is 4.37. The standard InChI is InChI=1S/C10H17NO3.H2O/c1-10(2,3)14-9(13)11-6-4-8(12)5-7-11;/h4,12H,5-7H2,1-3H3;1H2. The number of carbonyl (C=O) groups is 1. The molecular formula is C10H19NO4. The zero-order valence-corrected chi connectivity index (χ0v) is 9.41. The zero-order valence-electron chi connectivity index (χ0n) is 9.41. The van der Waals surface area contributed by atoms with Crippen molar-refractivity contribution in [3.8, 4) is 0 Å². The van der Waals surface area contributed by atoms with Crippen molar-refractivity contribution in [3.05, 3.63) is 11.8 Å². The first-order chi connectivity index (χ1) is 6.38. The predicted octanol–water partition coefficient (Wildman–Crippen LogP) is 1.24. The SMILES string of the molecule is CC(C)(C)OC(=O)N1CC=C(O)CC1.O. The zero-order chi connectivity index (χ0) is 10.8. The number of hydrogen-bond donors (Lipinski definition) is 1. The van der Waals surface area contributed by atoms with Crippen LogP contribution in [0.25, 0.3) is 0 Å². The molecule has 0 radical (unpaired) electrons. The molecular weight excluding hydrogens is 198 g/mol. The van der Waals surface area contributed by atoms with Crippen molar-refractivity contribution in [2.45, 2.75) is 32.8 Å². The van der Waals surface area contributed by atoms with E-state index in [0.29, 0.717) is 25.3 Å². The van der Waals surface area contributed by atoms with Gasteiger partial charge in [-0.05, 0) is 26.8 Å². The molecule has 1 heterocycles. The van der Waals surface area contributed by atoms with Crippen LogP contribution >= 0.6 is 0 Å². The molecule has 0 saturated heterocycles. The second-order valence-corrected chi connectivity index (χ2v) is 4.37. The molecule has 5 heteroatoms. The monoisotopic (exact) mass is 217 g/mol. The van der Waals surface area contributed by atoms with E-state index in [1.165, 1.54) is 0 Å². The maximum Gasteiger partial charge on any atom is 0.410 e. The molecule has 0 aliphatic carbocycles. The largest absolute Gasteiger partial charge is 0.513 e. The molecule has 0 atom stereocenters. The highest BCUT2D eigenvalue weighted by Crippen LogP contribution is 2.13. The molecule has 3 N–H and O–H groups in total. The minimum atomic E-state index is -0.458. The Kier molecular flexibility index (Phi) is 4.61. The number of aliphatic hydroxyl groups excluding tert-OH is 1. The fourth-order valence-electron chi connectivity index (χ4n) is 1.15. The summed E-state index contributed by atoms with van der Waals surface area (Å²) in [6.45, 7) is 6.46. The van der Waals surface area contributed by atoms with Crippen molar-refractivity contribution in [2.75, 3.05) is 13.1 Å². The van der Waals surface area contributed by atoms with Crippen molar-refractivity contribution in [1.82, 2.24) is 4.90 Å². The minimum absolute atomic E-state index is 0. The van der Waals surface area contributed by atoms with Crippen LogP contribution in [0.3, 0.4) is 0 Å². The van der Waals surface area contributed by atoms with E-state index in [2.05, 4.69) is 0 Å². The lowest BCUT2D eigenvalue weighted by Crippen LogP contribution is -2.39. The van der Waals surface area contributed by atoms with Crippen LogP contribution < -0.4 is 0 Å². The Morgan fingerprint density at radius 1 is 1.53 bits per heavy atom. The van der Waals surface area contributed by atoms with Gasteiger partial charge in [-0.3, -0.25) is 0 Å². The summed E-state index contributed by atoms with van der Waals surface area (Å²) >= 11 is 0. The van der Waals surface area contributed by atoms with Gasteiger partial charge in [-0.1, -0.05) is 0 Å². The quantitative estimate of drug-likeness (QED) is 0.662. The molecule has 0 bridgehead atoms. The number of aliphatic hydroxyl groups is 1. The van der Waals surface area contributed by atoms with Gasteiger partial charge in [0.2, 0.25) is 0 Å². The van der Waals surface area contributed by atoms with Crippen LogP contribution in [0.15, 0.2) is 11.8 Å². The van der Waals surface area contributed by atoms with E-state index >= 15 is 0 Å². The Morgan fingerprint density at radius 2 is 2.13 bits per heavy atom. The minimum Gasteiger partial charge on any atom is -0.513 e. The van der Waals surface area contributed by atoms with Crippen LogP contribution in [0, 0.1) is 0 Å². The van der Waals surface area contributed by atoms with Crippen LogP contribution in [0.1, 0.15) is 27.2 Å². The molecule has 0 aromatic carbocycles. The van der Waals surface area contributed by atoms with Gasteiger partial charge in [-0.25, -0.2) is 4.79 Å². The van der Waals surface area contributed by atoms with Gasteiger partial charge < -0.3 is 20.2 Å². The number of ether oxygens (including phenoxy) is 1. The summed E-state index contributed by atoms with van der Waals surface area (Å²) in [5.41, 5.74) is -0.458. The average molecular weight is 217 g/mol. The normalized spacial score (nSPS) is 16.5. The van der Waals surface area contributed by atoms with Crippen LogP contribution in [0.2, 0.25) is 0 Å². The summed E-state index contributed by atoms with van der Waals surface area (Å²) in [4.78, 5) is 13.1. The molecule has 0 saturated carbocycles. The molecule has 88 valence electrons. The van der Waals surface area contributed by atoms with Crippen LogP contribution in [-0.2, 0) is 4.74 Å². The lowest BCUT2D eigenvalue weighted by Gasteiger charge is -2.28. The molecule has 0 aromatic heterocycles. The fourth-order valence-corrected chi connectivity index (χ4v) is 1.15. The van der Waals surface area contributed by atoms with E-state index in [-0.39, 0.29) is 11.6 Å². The Morgan fingerprint density at radius 3 is 2.53 bits per heavy atom. The molecule has 0 aromatic rings. The second kappa shape index (κ2) is 5.02. The molecule has 1 rings (SSSR count). The molecule has 1 amide bonds. The molecule has 0 unspecified atom stereocenters. The first kappa shape index (κ1) is 13.8. The highest BCUT2D eigenvalue weighted by Gasteiger charge is 2.23. The molecule has 1 aliphatic heterocycles. The van der Waals surface area contributed by atoms with Gasteiger partial charge in [-0.15, -0.1) is 0 Å². The summed E-state index contributed by atoms with van der Waals surface area (Å²) in [6.07, 6.45) is 1.83. The van der Waals surface area contributed by atoms with Gasteiger partial charge in [0.15, 0.2) is 0 Å². The van der Waals surface area contributed by atoms with Crippen molar-refractivity contribution >= 4 is 6.09 Å². The van der Waals surface area contributed by atoms with Gasteiger partial charge in [-0.2, -0.15) is 0 Å². The molecule has 0 spiro atoms. The Balaban J connectivity index is 0.00000196. The average Bonchev–Trinajstić information content (AvgIpc) is 2.02. The number of carbonyl (C=O) groups excluding carboxylic acids is 1. The first-order valence-electron chi connectivity index (χ1n) is 4.74. The Hall–Kier alpha value is -1.23. The summed E-state index contributed by atoms with van der Waals surface area (Å²) in [5.74, 6) is 0.352. The van der Waals surface area contributed by atoms with Gasteiger partial charge in [0, 0.05) is 19.5 Å². The number of nitrogens with zero attached hydrogens (tertiary/aromatic N) is 1. The molecule has 5 nitrogen and oxygen atoms in total. The van der Waals surface area contributed by atoms with Crippen molar-refractivity contribution in [3.63, 3.8) is 0 Å². The Labute approximate surface area is 89.6 Å². The predicted molar refractivity (Wildman–Crippen MR) is 56.7 cm³/mol. The lowest BCUT2D eigenvalue weighted by atomic mass is 10.2. The third-order valence-electron chi connectivity index (χ3n) is 1.84. The van der Waals surface area contributed by atoms with Crippen molar-refractivity contribution in [1.29, 1.82) is 0 Å². The van der Waals surface area contributed by atoms with E-state index in [0.717, 1.165) is 0 Å². The van der Waals surface area contributed by atoms with Crippen LogP contribution in [-0.4, -0.2) is 40.3 Å². The Bertz CT molecular complexity index is 255. The lowest BCUT2D eigenvalue weighted by molar-refractivity contribution is 0.0257. The maximum atomic E-state index is 11.5. The van der Waals surface area contributed by atoms with Crippen LogP contribution in [0.5, 0.6) is 0 Å². The van der Waals surface area contributed by atoms with Crippen molar-refractivity contribution in [2.24, 2.45) is 0 Å².